The maximum Gasteiger partial charge on any atom is 0.163 e. The number of ether oxygens (including phenoxy) is 2. The van der Waals surface area contributed by atoms with Crippen molar-refractivity contribution in [2.75, 3.05) is 12.4 Å². The molecule has 0 bridgehead atoms. The quantitative estimate of drug-likeness (QED) is 0.457. The number of fused-ring (bicyclic) bond motifs is 1. The molecule has 1 aromatic carbocycles. The first kappa shape index (κ1) is 21.2. The number of methoxy groups -OCH3 is 1. The summed E-state index contributed by atoms with van der Waals surface area (Å²) in [7, 11) is 1.57. The molecule has 0 saturated heterocycles. The van der Waals surface area contributed by atoms with E-state index in [2.05, 4.69) is 36.2 Å². The van der Waals surface area contributed by atoms with E-state index in [1.54, 1.807) is 25.3 Å². The first-order valence-corrected chi connectivity index (χ1v) is 10.6. The number of rotatable bonds is 6. The van der Waals surface area contributed by atoms with Gasteiger partial charge in [-0.25, -0.2) is 14.4 Å². The summed E-state index contributed by atoms with van der Waals surface area (Å²) in [6.45, 7) is 4.15. The average molecular weight is 485 g/mol. The van der Waals surface area contributed by atoms with E-state index >= 15 is 0 Å². The predicted octanol–water partition coefficient (Wildman–Crippen LogP) is 5.63. The van der Waals surface area contributed by atoms with Crippen LogP contribution in [0.2, 0.25) is 0 Å². The van der Waals surface area contributed by atoms with Crippen molar-refractivity contribution in [2.24, 2.45) is 0 Å². The third kappa shape index (κ3) is 4.85. The second-order valence-corrected chi connectivity index (χ2v) is 9.33. The van der Waals surface area contributed by atoms with Crippen LogP contribution in [0, 0.1) is 6.92 Å². The number of aryl methyl sites for hydroxylation is 1. The molecule has 2 heterocycles. The van der Waals surface area contributed by atoms with Gasteiger partial charge in [0.2, 0.25) is 0 Å². The molecule has 1 unspecified atom stereocenters. The number of aromatic nitrogens is 3. The van der Waals surface area contributed by atoms with Crippen molar-refractivity contribution < 1.29 is 13.9 Å². The third-order valence-corrected chi connectivity index (χ3v) is 5.44. The molecule has 0 aliphatic heterocycles. The van der Waals surface area contributed by atoms with Crippen LogP contribution in [0.25, 0.3) is 10.9 Å². The maximum absolute atomic E-state index is 14.5. The lowest BCUT2D eigenvalue weighted by atomic mass is 10.0. The monoisotopic (exact) mass is 484 g/mol. The highest BCUT2D eigenvalue weighted by Gasteiger charge is 2.24. The van der Waals surface area contributed by atoms with Crippen LogP contribution < -0.4 is 14.8 Å². The number of anilines is 1. The number of allylic oxidation sites excluding steroid dienone is 3. The molecule has 4 rings (SSSR count). The highest BCUT2D eigenvalue weighted by atomic mass is 79.9. The average Bonchev–Trinajstić information content (AvgIpc) is 2.73. The van der Waals surface area contributed by atoms with Crippen LogP contribution in [0.4, 0.5) is 10.2 Å². The first-order chi connectivity index (χ1) is 14.8. The van der Waals surface area contributed by atoms with Gasteiger partial charge in [-0.05, 0) is 44.5 Å². The van der Waals surface area contributed by atoms with Crippen LogP contribution in [0.1, 0.15) is 24.7 Å². The molecule has 8 heteroatoms. The highest BCUT2D eigenvalue weighted by molar-refractivity contribution is 9.10. The number of nitrogens with zero attached hydrogens (tertiary/aromatic N) is 3. The number of hydrogen-bond donors (Lipinski definition) is 1. The van der Waals surface area contributed by atoms with E-state index in [0.29, 0.717) is 46.9 Å². The zero-order valence-corrected chi connectivity index (χ0v) is 19.0. The molecule has 1 aliphatic rings. The molecule has 6 nitrogen and oxygen atoms in total. The van der Waals surface area contributed by atoms with Crippen molar-refractivity contribution in [3.05, 3.63) is 71.7 Å². The Bertz CT molecular complexity index is 1190. The van der Waals surface area contributed by atoms with Crippen LogP contribution in [-0.4, -0.2) is 26.4 Å². The molecule has 2 aromatic heterocycles. The maximum atomic E-state index is 14.5. The zero-order chi connectivity index (χ0) is 22.0. The molecule has 0 saturated carbocycles. The van der Waals surface area contributed by atoms with Gasteiger partial charge in [0.25, 0.3) is 0 Å². The van der Waals surface area contributed by atoms with Crippen LogP contribution in [0.15, 0.2) is 60.3 Å². The van der Waals surface area contributed by atoms with Gasteiger partial charge in [0.1, 0.15) is 24.6 Å². The minimum absolute atomic E-state index is 0.300. The summed E-state index contributed by atoms with van der Waals surface area (Å²) < 4.78 is 25.6. The fourth-order valence-electron chi connectivity index (χ4n) is 3.31. The second kappa shape index (κ2) is 8.63. The number of nitrogens with one attached hydrogen (secondary N) is 1. The molecule has 0 fully saturated rings. The van der Waals surface area contributed by atoms with E-state index in [1.807, 2.05) is 38.1 Å². The largest absolute Gasteiger partial charge is 0.493 e. The van der Waals surface area contributed by atoms with Crippen LogP contribution in [0.3, 0.4) is 0 Å². The van der Waals surface area contributed by atoms with E-state index in [0.717, 1.165) is 11.4 Å². The molecule has 0 radical (unpaired) electrons. The number of benzene rings is 1. The summed E-state index contributed by atoms with van der Waals surface area (Å²) in [5.41, 5.74) is 2.77. The summed E-state index contributed by atoms with van der Waals surface area (Å²) in [5.74, 6) is 1.22. The van der Waals surface area contributed by atoms with Gasteiger partial charge in [0.05, 0.1) is 24.0 Å². The SMILES string of the molecule is COc1cc2c(NC3=CCC(C)(Br)C=C3F)ncnc2cc1OCc1cccc(C)n1. The van der Waals surface area contributed by atoms with Gasteiger partial charge in [-0.2, -0.15) is 0 Å². The highest BCUT2D eigenvalue weighted by Crippen LogP contribution is 2.37. The van der Waals surface area contributed by atoms with Crippen LogP contribution >= 0.6 is 15.9 Å². The van der Waals surface area contributed by atoms with E-state index in [-0.39, 0.29) is 5.83 Å². The third-order valence-electron chi connectivity index (χ3n) is 4.89. The Kier molecular flexibility index (Phi) is 5.91. The predicted molar refractivity (Wildman–Crippen MR) is 122 cm³/mol. The lowest BCUT2D eigenvalue weighted by molar-refractivity contribution is 0.281. The molecule has 1 N–H and O–H groups in total. The van der Waals surface area contributed by atoms with Crippen molar-refractivity contribution in [1.29, 1.82) is 0 Å². The van der Waals surface area contributed by atoms with E-state index in [9.17, 15) is 4.39 Å². The van der Waals surface area contributed by atoms with Gasteiger partial charge >= 0.3 is 0 Å². The smallest absolute Gasteiger partial charge is 0.163 e. The van der Waals surface area contributed by atoms with Gasteiger partial charge in [-0.3, -0.25) is 4.98 Å². The fraction of sp³-hybridized carbons (Fsp3) is 0.261. The summed E-state index contributed by atoms with van der Waals surface area (Å²) in [4.78, 5) is 13.1. The molecule has 3 aromatic rings. The summed E-state index contributed by atoms with van der Waals surface area (Å²) in [6.07, 6.45) is 5.44. The lowest BCUT2D eigenvalue weighted by Gasteiger charge is -2.23. The van der Waals surface area contributed by atoms with Crippen LogP contribution in [0.5, 0.6) is 11.5 Å². The first-order valence-electron chi connectivity index (χ1n) is 9.77. The van der Waals surface area contributed by atoms with Gasteiger partial charge in [-0.1, -0.05) is 28.1 Å². The van der Waals surface area contributed by atoms with Crippen molar-refractivity contribution in [3.63, 3.8) is 0 Å². The minimum atomic E-state index is -0.391. The Balaban J connectivity index is 1.63. The normalized spacial score (nSPS) is 18.4. The summed E-state index contributed by atoms with van der Waals surface area (Å²) in [6, 6.07) is 9.35. The number of alkyl halides is 1. The van der Waals surface area contributed by atoms with Crippen molar-refractivity contribution in [1.82, 2.24) is 15.0 Å². The van der Waals surface area contributed by atoms with Crippen molar-refractivity contribution in [3.8, 4) is 11.5 Å². The second-order valence-electron chi connectivity index (χ2n) is 7.52. The Labute approximate surface area is 188 Å². The van der Waals surface area contributed by atoms with E-state index in [4.69, 9.17) is 9.47 Å². The minimum Gasteiger partial charge on any atom is -0.493 e. The van der Waals surface area contributed by atoms with Crippen molar-refractivity contribution in [2.45, 2.75) is 31.2 Å². The number of hydrogen-bond acceptors (Lipinski definition) is 6. The Morgan fingerprint density at radius 1 is 1.23 bits per heavy atom. The lowest BCUT2D eigenvalue weighted by Crippen LogP contribution is -2.17. The molecule has 160 valence electrons. The Morgan fingerprint density at radius 3 is 2.81 bits per heavy atom. The number of halogens is 2. The standard InChI is InChI=1S/C23H22BrFN4O2/c1-14-5-4-6-15(28-14)12-31-21-10-19-16(9-20(21)30-3)22(27-13-26-19)29-18-7-8-23(2,24)11-17(18)25/h4-7,9-11,13H,8,12H2,1-3H3,(H,26,27,29). The fourth-order valence-corrected chi connectivity index (χ4v) is 3.67. The van der Waals surface area contributed by atoms with Gasteiger partial charge in [-0.15, -0.1) is 0 Å². The zero-order valence-electron chi connectivity index (χ0n) is 17.4. The molecule has 0 spiro atoms. The molecule has 31 heavy (non-hydrogen) atoms. The van der Waals surface area contributed by atoms with Crippen LogP contribution in [-0.2, 0) is 6.61 Å². The summed E-state index contributed by atoms with van der Waals surface area (Å²) in [5, 5.41) is 3.78. The Hall–Kier alpha value is -3.00. The van der Waals surface area contributed by atoms with E-state index in [1.165, 1.54) is 6.33 Å². The molecule has 1 atom stereocenters. The number of pyridine rings is 1. The van der Waals surface area contributed by atoms with Crippen molar-refractivity contribution >= 4 is 32.7 Å². The topological polar surface area (TPSA) is 69.2 Å². The summed E-state index contributed by atoms with van der Waals surface area (Å²) >= 11 is 3.50. The molecule has 1 aliphatic carbocycles. The van der Waals surface area contributed by atoms with Gasteiger partial charge < -0.3 is 14.8 Å². The Morgan fingerprint density at radius 2 is 2.06 bits per heavy atom. The molecular formula is C23H22BrFN4O2. The van der Waals surface area contributed by atoms with Gasteiger partial charge in [0, 0.05) is 21.5 Å². The van der Waals surface area contributed by atoms with E-state index < -0.39 is 4.32 Å². The molecular weight excluding hydrogens is 463 g/mol. The van der Waals surface area contributed by atoms with Gasteiger partial charge in [0.15, 0.2) is 11.5 Å². The molecule has 0 amide bonds.